The molecule has 0 amide bonds. The number of aryl methyl sites for hydroxylation is 1. The van der Waals surface area contributed by atoms with Crippen LogP contribution in [0.25, 0.3) is 0 Å². The molecular formula is C16H16ClNO2. The fourth-order valence-corrected chi connectivity index (χ4v) is 2.36. The van der Waals surface area contributed by atoms with Crippen LogP contribution in [0.15, 0.2) is 30.5 Å². The van der Waals surface area contributed by atoms with Gasteiger partial charge in [0.1, 0.15) is 5.75 Å². The molecule has 0 aliphatic carbocycles. The number of halogens is 1. The molecule has 0 saturated carbocycles. The molecule has 0 fully saturated rings. The number of methoxy groups -OCH3 is 1. The Morgan fingerprint density at radius 1 is 1.35 bits per heavy atom. The van der Waals surface area contributed by atoms with Gasteiger partial charge in [-0.25, -0.2) is 0 Å². The van der Waals surface area contributed by atoms with Crippen LogP contribution in [0.1, 0.15) is 27.2 Å². The Kier molecular flexibility index (Phi) is 4.40. The van der Waals surface area contributed by atoms with Crippen LogP contribution in [0.4, 0.5) is 0 Å². The molecule has 0 atom stereocenters. The highest BCUT2D eigenvalue weighted by atomic mass is 35.5. The number of hydrogen-bond acceptors (Lipinski definition) is 3. The lowest BCUT2D eigenvalue weighted by molar-refractivity contribution is 0.0991. The Balaban J connectivity index is 2.29. The zero-order valence-electron chi connectivity index (χ0n) is 11.7. The maximum Gasteiger partial charge on any atom is 0.168 e. The van der Waals surface area contributed by atoms with Crippen LogP contribution in [0.2, 0.25) is 5.02 Å². The quantitative estimate of drug-likeness (QED) is 0.804. The number of hydrogen-bond donors (Lipinski definition) is 0. The number of rotatable bonds is 4. The molecule has 0 radical (unpaired) electrons. The van der Waals surface area contributed by atoms with Gasteiger partial charge in [-0.15, -0.1) is 0 Å². The van der Waals surface area contributed by atoms with Gasteiger partial charge in [0.15, 0.2) is 5.78 Å². The van der Waals surface area contributed by atoms with Crippen molar-refractivity contribution in [2.45, 2.75) is 20.3 Å². The maximum atomic E-state index is 12.3. The molecule has 1 heterocycles. The molecule has 4 heteroatoms. The van der Waals surface area contributed by atoms with Crippen LogP contribution in [-0.4, -0.2) is 17.9 Å². The van der Waals surface area contributed by atoms with Crippen molar-refractivity contribution in [3.8, 4) is 5.75 Å². The summed E-state index contributed by atoms with van der Waals surface area (Å²) in [5, 5.41) is 0.557. The van der Waals surface area contributed by atoms with E-state index in [0.717, 1.165) is 22.6 Å². The van der Waals surface area contributed by atoms with Gasteiger partial charge in [0.25, 0.3) is 0 Å². The van der Waals surface area contributed by atoms with Crippen LogP contribution in [0, 0.1) is 13.8 Å². The summed E-state index contributed by atoms with van der Waals surface area (Å²) in [5.41, 5.74) is 3.20. The molecule has 1 aromatic carbocycles. The zero-order valence-corrected chi connectivity index (χ0v) is 12.5. The minimum absolute atomic E-state index is 0.00555. The summed E-state index contributed by atoms with van der Waals surface area (Å²) in [5.74, 6) is 0.780. The monoisotopic (exact) mass is 289 g/mol. The first-order valence-electron chi connectivity index (χ1n) is 6.30. The summed E-state index contributed by atoms with van der Waals surface area (Å²) in [6, 6.07) is 6.95. The molecule has 3 nitrogen and oxygen atoms in total. The van der Waals surface area contributed by atoms with Gasteiger partial charge in [-0.2, -0.15) is 0 Å². The van der Waals surface area contributed by atoms with Gasteiger partial charge < -0.3 is 4.74 Å². The molecule has 0 bridgehead atoms. The second-order valence-electron chi connectivity index (χ2n) is 4.66. The van der Waals surface area contributed by atoms with Crippen molar-refractivity contribution in [1.82, 2.24) is 4.98 Å². The standard InChI is InChI=1S/C16H16ClNO2/c1-10-9-18-14(11(2)16(10)20-3)8-15(19)12-5-4-6-13(17)7-12/h4-7,9H,8H2,1-3H3. The van der Waals surface area contributed by atoms with Crippen molar-refractivity contribution in [2.75, 3.05) is 7.11 Å². The SMILES string of the molecule is COc1c(C)cnc(CC(=O)c2cccc(Cl)c2)c1C. The Bertz CT molecular complexity index is 653. The van der Waals surface area contributed by atoms with E-state index in [1.807, 2.05) is 13.8 Å². The summed E-state index contributed by atoms with van der Waals surface area (Å²) in [4.78, 5) is 16.6. The van der Waals surface area contributed by atoms with E-state index in [1.54, 1.807) is 37.6 Å². The summed E-state index contributed by atoms with van der Waals surface area (Å²) >= 11 is 5.90. The number of aromatic nitrogens is 1. The number of ether oxygens (including phenoxy) is 1. The van der Waals surface area contributed by atoms with Gasteiger partial charge in [0.05, 0.1) is 19.2 Å². The first-order chi connectivity index (χ1) is 9.52. The molecule has 2 aromatic rings. The Labute approximate surface area is 123 Å². The lowest BCUT2D eigenvalue weighted by Crippen LogP contribution is -2.08. The van der Waals surface area contributed by atoms with Crippen molar-refractivity contribution in [3.05, 3.63) is 57.9 Å². The molecule has 0 spiro atoms. The van der Waals surface area contributed by atoms with Gasteiger partial charge in [-0.1, -0.05) is 23.7 Å². The highest BCUT2D eigenvalue weighted by Gasteiger charge is 2.14. The number of ketones is 1. The van der Waals surface area contributed by atoms with E-state index in [1.165, 1.54) is 0 Å². The van der Waals surface area contributed by atoms with Gasteiger partial charge >= 0.3 is 0 Å². The van der Waals surface area contributed by atoms with E-state index >= 15 is 0 Å². The number of nitrogens with zero attached hydrogens (tertiary/aromatic N) is 1. The summed E-state index contributed by atoms with van der Waals surface area (Å²) in [6.45, 7) is 3.85. The number of carbonyl (C=O) groups excluding carboxylic acids is 1. The van der Waals surface area contributed by atoms with Crippen LogP contribution >= 0.6 is 11.6 Å². The third-order valence-corrected chi connectivity index (χ3v) is 3.46. The minimum Gasteiger partial charge on any atom is -0.496 e. The Hall–Kier alpha value is -1.87. The average Bonchev–Trinajstić information content (AvgIpc) is 2.42. The zero-order chi connectivity index (χ0) is 14.7. The average molecular weight is 290 g/mol. The number of pyridine rings is 1. The van der Waals surface area contributed by atoms with E-state index in [0.29, 0.717) is 10.6 Å². The van der Waals surface area contributed by atoms with Gasteiger partial charge in [-0.05, 0) is 26.0 Å². The van der Waals surface area contributed by atoms with Crippen molar-refractivity contribution < 1.29 is 9.53 Å². The van der Waals surface area contributed by atoms with Crippen molar-refractivity contribution in [1.29, 1.82) is 0 Å². The number of benzene rings is 1. The lowest BCUT2D eigenvalue weighted by Gasteiger charge is -2.11. The molecule has 2 rings (SSSR count). The lowest BCUT2D eigenvalue weighted by atomic mass is 10.0. The summed E-state index contributed by atoms with van der Waals surface area (Å²) in [6.07, 6.45) is 1.97. The normalized spacial score (nSPS) is 10.4. The largest absolute Gasteiger partial charge is 0.496 e. The summed E-state index contributed by atoms with van der Waals surface area (Å²) in [7, 11) is 1.62. The minimum atomic E-state index is -0.00555. The fourth-order valence-electron chi connectivity index (χ4n) is 2.17. The van der Waals surface area contributed by atoms with E-state index in [4.69, 9.17) is 16.3 Å². The van der Waals surface area contributed by atoms with E-state index in [-0.39, 0.29) is 12.2 Å². The second kappa shape index (κ2) is 6.06. The van der Waals surface area contributed by atoms with Crippen LogP contribution in [0.5, 0.6) is 5.75 Å². The van der Waals surface area contributed by atoms with Gasteiger partial charge in [-0.3, -0.25) is 9.78 Å². The fraction of sp³-hybridized carbons (Fsp3) is 0.250. The van der Waals surface area contributed by atoms with Crippen molar-refractivity contribution >= 4 is 17.4 Å². The van der Waals surface area contributed by atoms with E-state index in [9.17, 15) is 4.79 Å². The van der Waals surface area contributed by atoms with Crippen molar-refractivity contribution in [2.24, 2.45) is 0 Å². The highest BCUT2D eigenvalue weighted by molar-refractivity contribution is 6.31. The number of Topliss-reactive ketones (excluding diaryl/α,β-unsaturated/α-hetero) is 1. The number of carbonyl (C=O) groups is 1. The Morgan fingerprint density at radius 2 is 2.10 bits per heavy atom. The molecule has 0 N–H and O–H groups in total. The first kappa shape index (κ1) is 14.5. The summed E-state index contributed by atoms with van der Waals surface area (Å²) < 4.78 is 5.35. The first-order valence-corrected chi connectivity index (χ1v) is 6.68. The molecule has 1 aromatic heterocycles. The molecule has 104 valence electrons. The molecule has 0 saturated heterocycles. The smallest absolute Gasteiger partial charge is 0.168 e. The predicted molar refractivity (Wildman–Crippen MR) is 79.7 cm³/mol. The Morgan fingerprint density at radius 3 is 2.75 bits per heavy atom. The van der Waals surface area contributed by atoms with Crippen LogP contribution in [0.3, 0.4) is 0 Å². The second-order valence-corrected chi connectivity index (χ2v) is 5.09. The van der Waals surface area contributed by atoms with Crippen LogP contribution in [-0.2, 0) is 6.42 Å². The van der Waals surface area contributed by atoms with Gasteiger partial charge in [0.2, 0.25) is 0 Å². The van der Waals surface area contributed by atoms with Gasteiger partial charge in [0, 0.05) is 27.9 Å². The predicted octanol–water partition coefficient (Wildman–Crippen LogP) is 3.79. The maximum absolute atomic E-state index is 12.3. The topological polar surface area (TPSA) is 39.2 Å². The van der Waals surface area contributed by atoms with E-state index in [2.05, 4.69) is 4.98 Å². The molecule has 20 heavy (non-hydrogen) atoms. The van der Waals surface area contributed by atoms with E-state index < -0.39 is 0 Å². The molecule has 0 aliphatic heterocycles. The molecular weight excluding hydrogens is 274 g/mol. The third kappa shape index (κ3) is 2.99. The van der Waals surface area contributed by atoms with Crippen LogP contribution < -0.4 is 4.74 Å². The van der Waals surface area contributed by atoms with Crippen molar-refractivity contribution in [3.63, 3.8) is 0 Å². The molecule has 0 unspecified atom stereocenters. The molecule has 0 aliphatic rings. The third-order valence-electron chi connectivity index (χ3n) is 3.22. The highest BCUT2D eigenvalue weighted by Crippen LogP contribution is 2.25.